The van der Waals surface area contributed by atoms with Crippen LogP contribution in [0, 0.1) is 126 Å². The lowest BCUT2D eigenvalue weighted by molar-refractivity contribution is -0.512. The van der Waals surface area contributed by atoms with Gasteiger partial charge >= 0.3 is 32.6 Å². The van der Waals surface area contributed by atoms with Crippen molar-refractivity contribution >= 4 is 162 Å². The van der Waals surface area contributed by atoms with Gasteiger partial charge in [-0.3, -0.25) is 24.9 Å². The molecule has 5 fully saturated rings. The Morgan fingerprint density at radius 1 is 0.392 bits per heavy atom. The number of rotatable bonds is 10. The molecule has 143 heavy (non-hydrogen) atoms. The summed E-state index contributed by atoms with van der Waals surface area (Å²) < 4.78 is 89.8. The van der Waals surface area contributed by atoms with E-state index in [1.165, 1.54) is 126 Å². The van der Waals surface area contributed by atoms with E-state index in [2.05, 4.69) is 127 Å². The number of ether oxygens (including phenoxy) is 2. The number of nitrogens with zero attached hydrogens (tertiary/aromatic N) is 18. The maximum atomic E-state index is 12.7. The van der Waals surface area contributed by atoms with Gasteiger partial charge in [0.1, 0.15) is 41.5 Å². The van der Waals surface area contributed by atoms with Crippen LogP contribution >= 0.6 is 36.4 Å². The second kappa shape index (κ2) is 52.4. The summed E-state index contributed by atoms with van der Waals surface area (Å²) in [6.45, 7) is 39.7. The van der Waals surface area contributed by atoms with Crippen LogP contribution in [0.3, 0.4) is 0 Å². The third-order valence-electron chi connectivity index (χ3n) is 25.2. The fourth-order valence-electron chi connectivity index (χ4n) is 17.1. The van der Waals surface area contributed by atoms with Crippen LogP contribution in [-0.4, -0.2) is 188 Å². The number of halogens is 3. The summed E-state index contributed by atoms with van der Waals surface area (Å²) in [5, 5.41) is 61.0. The highest BCUT2D eigenvalue weighted by Gasteiger charge is 2.33. The molecule has 4 saturated heterocycles. The highest BCUT2D eigenvalue weighted by atomic mass is 35.5. The summed E-state index contributed by atoms with van der Waals surface area (Å²) in [5.74, 6) is 0. The van der Waals surface area contributed by atoms with E-state index in [9.17, 15) is 55.9 Å². The Kier molecular flexibility index (Phi) is 42.5. The van der Waals surface area contributed by atoms with E-state index in [1.807, 2.05) is 111 Å². The molecule has 0 atom stereocenters. The number of nitriles is 5. The van der Waals surface area contributed by atoms with E-state index >= 15 is 0 Å². The predicted molar refractivity (Wildman–Crippen MR) is 575 cm³/mol. The minimum absolute atomic E-state index is 0. The van der Waals surface area contributed by atoms with Crippen molar-refractivity contribution in [3.8, 4) is 30.3 Å². The number of benzene rings is 5. The van der Waals surface area contributed by atoms with Crippen LogP contribution in [0.15, 0.2) is 116 Å². The number of anilines is 5. The zero-order chi connectivity index (χ0) is 103. The Balaban J connectivity index is 0.000000209. The number of nitrogens with two attached hydrogens (primary N) is 1. The molecule has 0 bridgehead atoms. The summed E-state index contributed by atoms with van der Waals surface area (Å²) in [5.41, 5.74) is 22.0. The van der Waals surface area contributed by atoms with E-state index in [1.54, 1.807) is 78.5 Å². The summed E-state index contributed by atoms with van der Waals surface area (Å²) >= 11 is 6.10. The molecule has 6 aromatic heterocycles. The maximum absolute atomic E-state index is 12.7. The Labute approximate surface area is 861 Å². The molecule has 0 spiro atoms. The molecule has 11 aromatic rings. The number of hydrogen-bond acceptors (Lipinski definition) is 26. The second-order valence-electron chi connectivity index (χ2n) is 38.4. The zero-order valence-corrected chi connectivity index (χ0v) is 90.2. The fraction of sp³-hybridized carbons (Fsp3) is 0.457. The van der Waals surface area contributed by atoms with Gasteiger partial charge in [-0.15, -0.1) is 33.2 Å². The molecule has 32 nitrogen and oxygen atoms in total. The van der Waals surface area contributed by atoms with Crippen molar-refractivity contribution in [3.05, 3.63) is 205 Å². The number of aryl methyl sites for hydroxylation is 10. The van der Waals surface area contributed by atoms with Crippen LogP contribution in [0.25, 0.3) is 54.5 Å². The molecule has 764 valence electrons. The average molecular weight is 2070 g/mol. The van der Waals surface area contributed by atoms with Crippen LogP contribution in [0.5, 0.6) is 0 Å². The van der Waals surface area contributed by atoms with Crippen molar-refractivity contribution in [2.75, 3.05) is 130 Å². The van der Waals surface area contributed by atoms with Gasteiger partial charge in [-0.25, -0.2) is 19.5 Å². The molecule has 0 unspecified atom stereocenters. The van der Waals surface area contributed by atoms with Gasteiger partial charge in [0, 0.05) is 175 Å². The molecular formula is C105H136Cl3N22O10S3+. The molecular weight excluding hydrogens is 1930 g/mol. The molecule has 38 heteroatoms. The molecule has 5 aromatic carbocycles. The topological polar surface area (TPSA) is 427 Å². The van der Waals surface area contributed by atoms with Crippen molar-refractivity contribution < 1.29 is 48.3 Å². The lowest BCUT2D eigenvalue weighted by Gasteiger charge is -2.26. The third kappa shape index (κ3) is 31.9. The first-order chi connectivity index (χ1) is 66.8. The van der Waals surface area contributed by atoms with Crippen LogP contribution in [0.4, 0.5) is 38.0 Å². The Hall–Kier alpha value is -12.2. The highest BCUT2D eigenvalue weighted by molar-refractivity contribution is 7.87. The first-order valence-electron chi connectivity index (χ1n) is 47.9. The van der Waals surface area contributed by atoms with Gasteiger partial charge in [-0.1, -0.05) is 73.4 Å². The average Bonchev–Trinajstić information content (AvgIpc) is 0.799. The largest absolute Gasteiger partial charge is 0.474 e. The molecule has 1 aliphatic carbocycles. The predicted octanol–water partition coefficient (Wildman–Crippen LogP) is 18.7. The molecule has 5 N–H and O–H groups in total. The molecule has 0 radical (unpaired) electrons. The smallest absolute Gasteiger partial charge is 0.443 e. The summed E-state index contributed by atoms with van der Waals surface area (Å²) in [7, 11) is -8.07. The van der Waals surface area contributed by atoms with Crippen molar-refractivity contribution in [1.29, 1.82) is 26.3 Å². The number of nitrogens with one attached hydrogen (secondary N) is 3. The van der Waals surface area contributed by atoms with Gasteiger partial charge in [0.15, 0.2) is 12.4 Å². The normalized spacial score (nSPS) is 15.0. The van der Waals surface area contributed by atoms with Crippen LogP contribution in [0.1, 0.15) is 215 Å². The summed E-state index contributed by atoms with van der Waals surface area (Å²) in [6, 6.07) is 35.0. The quantitative estimate of drug-likeness (QED) is 0.0729. The number of amides is 2. The van der Waals surface area contributed by atoms with E-state index < -0.39 is 54.0 Å². The summed E-state index contributed by atoms with van der Waals surface area (Å²) in [6.07, 6.45) is 26.6. The lowest BCUT2D eigenvalue weighted by atomic mass is 10.0. The van der Waals surface area contributed by atoms with Crippen LogP contribution < -0.4 is 48.4 Å². The fourth-order valence-corrected chi connectivity index (χ4v) is 19.9. The van der Waals surface area contributed by atoms with Gasteiger partial charge in [-0.2, -0.15) is 56.5 Å². The first kappa shape index (κ1) is 116. The molecule has 10 heterocycles. The lowest BCUT2D eigenvalue weighted by Crippen LogP contribution is -2.52. The van der Waals surface area contributed by atoms with Gasteiger partial charge in [0.25, 0.3) is 10.2 Å². The van der Waals surface area contributed by atoms with Crippen LogP contribution in [0.2, 0.25) is 5.02 Å². The summed E-state index contributed by atoms with van der Waals surface area (Å²) in [4.78, 5) is 56.1. The van der Waals surface area contributed by atoms with Crippen molar-refractivity contribution in [2.45, 2.75) is 212 Å². The second-order valence-corrected chi connectivity index (χ2v) is 43.6. The third-order valence-corrected chi connectivity index (χ3v) is 29.4. The SMILES string of the molecule is C1CCCCCC1.CN(C)c1cc[n+](S(=O)(=O)NC(=O)OC(C)(C)C)cc1.Cc1cc2ncc(C#N)c(Cl)c2cc1C.Cc1cc2ncc(C#N)c(N3CCCCCC3)c2cc1C.Cc1cc2ncc(C#N)c(N3CCCN(S(=O)(=O)NC(=O)OC(C)(C)C)CC3)c2cc1C.Cc1cc2ncc(C#N)c(N3CCCN(S(N)(=O)=O)CC3)c2cc1C.Cc1cc2ncc(C#N)c(N3CCCNCC3)c2cc1C.Cl.Cl. The Morgan fingerprint density at radius 3 is 1.02 bits per heavy atom. The number of carbonyl (C=O) groups excluding carboxylic acids is 2. The molecule has 16 rings (SSSR count). The molecule has 4 aliphatic heterocycles. The Bertz CT molecular complexity index is 6810. The first-order valence-corrected chi connectivity index (χ1v) is 52.6. The number of fused-ring (bicyclic) bond motifs is 5. The number of hydrogen-bond donors (Lipinski definition) is 4. The Morgan fingerprint density at radius 2 is 0.678 bits per heavy atom. The number of aromatic nitrogens is 6. The van der Waals surface area contributed by atoms with E-state index in [0.29, 0.717) is 85.0 Å². The maximum Gasteiger partial charge on any atom is 0.474 e. The van der Waals surface area contributed by atoms with Gasteiger partial charge in [0.2, 0.25) is 0 Å². The minimum atomic E-state index is -4.05. The minimum Gasteiger partial charge on any atom is -0.443 e. The van der Waals surface area contributed by atoms with Crippen molar-refractivity contribution in [2.24, 2.45) is 5.14 Å². The van der Waals surface area contributed by atoms with Gasteiger partial charge < -0.3 is 39.3 Å². The standard InChI is InChI=1S/C22H29N5O4S.C18H21N3.C17H21N5O2S.C17H20N4.C12H9ClN2.C12H19N3O4S.C7H14.2ClH/c1-15-11-18-19(12-16(15)2)24-14-17(13-23)20(18)26-7-6-8-27(10-9-26)32(29,30)25-21(28)31-22(3,4)5;1-13-9-16-17(10-14(13)2)20-12-15(11-19)18(16)21-7-5-3-4-6-8-21;1-12-8-15-16(9-13(12)2)20-11-14(10-18)17(15)21-4-3-5-22(7-6-21)25(19,23)24;1-12-8-15-16(9-13(12)2)20-11-14(10-18)17(15)21-6-3-4-19-5-7-21;1-7-3-10-11(4-8(7)2)15-6-9(5-14)12(10)13;1-12(2,3)19-11(16)13-20(17,18)15-8-6-10(7-9-15)14(4)5;1-2-4-6-7-5-3-1;;/h11-12,14H,6-10H2,1-5H3,(H,25,28);9-10,12H,3-8H2,1-2H3;8-9,11H,3-7H2,1-2H3,(H2,19,23,24);8-9,11,19H,3-7H2,1-2H3;3-4,6H,1-2H3;6-9H,1-5H3;1-7H2;2*1H/p+1. The van der Waals surface area contributed by atoms with Crippen molar-refractivity contribution in [1.82, 2.24) is 48.3 Å². The monoisotopic (exact) mass is 2070 g/mol. The number of carbonyl (C=O) groups is 2. The highest BCUT2D eigenvalue weighted by Crippen LogP contribution is 2.38. The van der Waals surface area contributed by atoms with Crippen LogP contribution in [-0.2, 0) is 40.1 Å². The zero-order valence-electron chi connectivity index (χ0n) is 85.4. The molecule has 2 amide bonds. The molecule has 5 aliphatic rings. The van der Waals surface area contributed by atoms with E-state index in [0.717, 1.165) is 160 Å². The van der Waals surface area contributed by atoms with E-state index in [-0.39, 0.29) is 37.9 Å². The van der Waals surface area contributed by atoms with Crippen molar-refractivity contribution in [3.63, 3.8) is 0 Å². The van der Waals surface area contributed by atoms with Gasteiger partial charge in [-0.05, 0) is 266 Å². The number of pyridine rings is 6. The molecule has 1 saturated carbocycles. The van der Waals surface area contributed by atoms with Gasteiger partial charge in [0.05, 0.1) is 83.2 Å². The van der Waals surface area contributed by atoms with E-state index in [4.69, 9.17) is 31.5 Å².